The van der Waals surface area contributed by atoms with E-state index in [0.717, 1.165) is 62.6 Å². The number of hydrogen-bond donors (Lipinski definition) is 1. The van der Waals surface area contributed by atoms with Crippen molar-refractivity contribution in [1.82, 2.24) is 0 Å². The van der Waals surface area contributed by atoms with Gasteiger partial charge < -0.3 is 9.90 Å². The largest absolute Gasteiger partial charge is 0.393 e. The molecule has 4 aliphatic carbocycles. The molecule has 9 atom stereocenters. The molecule has 0 aromatic rings. The number of carbonyl (C=O) groups is 1. The summed E-state index contributed by atoms with van der Waals surface area (Å²) in [5, 5.41) is 10.4. The van der Waals surface area contributed by atoms with Crippen molar-refractivity contribution in [3.05, 3.63) is 0 Å². The van der Waals surface area contributed by atoms with Gasteiger partial charge in [-0.3, -0.25) is 0 Å². The molecule has 0 aliphatic heterocycles. The van der Waals surface area contributed by atoms with Crippen LogP contribution in [0.25, 0.3) is 0 Å². The SMILES string of the molecule is C[C@H](CCC(=O)BC(C)(C)C)[C@H]1CC[C@H]2[C@@H]3CC[C@@H]4C[C@H](O)CC[C@]4(C)[C@H]3CC[C@]12C. The molecule has 4 saturated carbocycles. The molecule has 4 fully saturated rings. The first kappa shape index (κ1) is 23.8. The molecule has 3 heteroatoms. The Morgan fingerprint density at radius 2 is 1.68 bits per heavy atom. The van der Waals surface area contributed by atoms with Gasteiger partial charge in [0.15, 0.2) is 0 Å². The minimum atomic E-state index is -0.0406. The molecule has 0 bridgehead atoms. The molecule has 31 heavy (non-hydrogen) atoms. The van der Waals surface area contributed by atoms with Crippen LogP contribution in [0.3, 0.4) is 0 Å². The van der Waals surface area contributed by atoms with Gasteiger partial charge in [0.25, 0.3) is 0 Å². The number of aliphatic hydroxyl groups is 1. The van der Waals surface area contributed by atoms with E-state index in [0.29, 0.717) is 22.4 Å². The normalized spacial score (nSPS) is 45.9. The van der Waals surface area contributed by atoms with E-state index < -0.39 is 0 Å². The zero-order valence-corrected chi connectivity index (χ0v) is 21.4. The first-order valence-corrected chi connectivity index (χ1v) is 13.6. The summed E-state index contributed by atoms with van der Waals surface area (Å²) >= 11 is 0. The Labute approximate surface area is 193 Å². The second-order valence-corrected chi connectivity index (χ2v) is 14.1. The minimum absolute atomic E-state index is 0.0406. The number of fused-ring (bicyclic) bond motifs is 5. The number of hydrogen-bond acceptors (Lipinski definition) is 2. The highest BCUT2D eigenvalue weighted by atomic mass is 16.3. The minimum Gasteiger partial charge on any atom is -0.393 e. The van der Waals surface area contributed by atoms with Crippen molar-refractivity contribution in [1.29, 1.82) is 0 Å². The number of rotatable bonds is 5. The summed E-state index contributed by atoms with van der Waals surface area (Å²) in [6.07, 6.45) is 13.5. The summed E-state index contributed by atoms with van der Waals surface area (Å²) in [5.41, 5.74) is 1.44. The van der Waals surface area contributed by atoms with E-state index in [4.69, 9.17) is 0 Å². The summed E-state index contributed by atoms with van der Waals surface area (Å²) in [4.78, 5) is 12.5. The predicted octanol–water partition coefficient (Wildman–Crippen LogP) is 6.60. The van der Waals surface area contributed by atoms with Gasteiger partial charge in [-0.05, 0) is 117 Å². The second kappa shape index (κ2) is 8.48. The summed E-state index contributed by atoms with van der Waals surface area (Å²) in [5.74, 6) is 4.93. The van der Waals surface area contributed by atoms with E-state index in [2.05, 4.69) is 41.5 Å². The van der Waals surface area contributed by atoms with Crippen LogP contribution >= 0.6 is 0 Å². The lowest BCUT2D eigenvalue weighted by atomic mass is 9.44. The molecule has 0 amide bonds. The molecule has 0 saturated heterocycles. The first-order chi connectivity index (χ1) is 14.4. The average Bonchev–Trinajstić information content (AvgIpc) is 3.02. The van der Waals surface area contributed by atoms with Crippen molar-refractivity contribution >= 4 is 13.0 Å². The lowest BCUT2D eigenvalue weighted by Gasteiger charge is -2.61. The van der Waals surface area contributed by atoms with Crippen LogP contribution < -0.4 is 0 Å². The molecule has 176 valence electrons. The van der Waals surface area contributed by atoms with Gasteiger partial charge in [0.2, 0.25) is 7.28 Å². The van der Waals surface area contributed by atoms with Gasteiger partial charge in [-0.15, -0.1) is 0 Å². The summed E-state index contributed by atoms with van der Waals surface area (Å²) in [6, 6.07) is 0. The van der Waals surface area contributed by atoms with E-state index >= 15 is 0 Å². The summed E-state index contributed by atoms with van der Waals surface area (Å²) in [6.45, 7) is 14.2. The molecular weight excluding hydrogens is 379 g/mol. The maximum Gasteiger partial charge on any atom is 0.210 e. The molecule has 0 heterocycles. The molecule has 4 rings (SSSR count). The highest BCUT2D eigenvalue weighted by Gasteiger charge is 2.60. The fourth-order valence-electron chi connectivity index (χ4n) is 9.48. The Morgan fingerprint density at radius 3 is 2.39 bits per heavy atom. The molecule has 0 spiro atoms. The van der Waals surface area contributed by atoms with Crippen LogP contribution in [0.15, 0.2) is 0 Å². The van der Waals surface area contributed by atoms with Gasteiger partial charge >= 0.3 is 0 Å². The third-order valence-corrected chi connectivity index (χ3v) is 11.0. The highest BCUT2D eigenvalue weighted by molar-refractivity contribution is 6.76. The van der Waals surface area contributed by atoms with E-state index in [1.165, 1.54) is 44.9 Å². The van der Waals surface area contributed by atoms with Crippen LogP contribution in [0.2, 0.25) is 5.31 Å². The maximum absolute atomic E-state index is 12.5. The van der Waals surface area contributed by atoms with E-state index in [-0.39, 0.29) is 11.4 Å². The van der Waals surface area contributed by atoms with Crippen molar-refractivity contribution in [3.8, 4) is 0 Å². The zero-order valence-electron chi connectivity index (χ0n) is 21.4. The van der Waals surface area contributed by atoms with Crippen LogP contribution in [0.1, 0.15) is 112 Å². The predicted molar refractivity (Wildman–Crippen MR) is 131 cm³/mol. The van der Waals surface area contributed by atoms with E-state index in [9.17, 15) is 9.90 Å². The molecule has 0 unspecified atom stereocenters. The Hall–Kier alpha value is -0.305. The Morgan fingerprint density at radius 1 is 1.00 bits per heavy atom. The van der Waals surface area contributed by atoms with Crippen LogP contribution in [-0.4, -0.2) is 24.2 Å². The fourth-order valence-corrected chi connectivity index (χ4v) is 9.48. The van der Waals surface area contributed by atoms with Gasteiger partial charge in [0.05, 0.1) is 11.8 Å². The lowest BCUT2D eigenvalue weighted by molar-refractivity contribution is -0.129. The average molecular weight is 429 g/mol. The monoisotopic (exact) mass is 428 g/mol. The van der Waals surface area contributed by atoms with Gasteiger partial charge in [0.1, 0.15) is 0 Å². The molecule has 4 aliphatic rings. The van der Waals surface area contributed by atoms with Crippen LogP contribution in [0.4, 0.5) is 0 Å². The zero-order chi connectivity index (χ0) is 22.6. The number of carbonyl (C=O) groups excluding carboxylic acids is 1. The van der Waals surface area contributed by atoms with Crippen molar-refractivity contribution < 1.29 is 9.90 Å². The fraction of sp³-hybridized carbons (Fsp3) is 0.964. The highest BCUT2D eigenvalue weighted by Crippen LogP contribution is 2.68. The van der Waals surface area contributed by atoms with E-state index in [1.807, 2.05) is 0 Å². The molecule has 0 radical (unpaired) electrons. The second-order valence-electron chi connectivity index (χ2n) is 14.1. The molecule has 1 N–H and O–H groups in total. The Kier molecular flexibility index (Phi) is 6.52. The molecule has 2 nitrogen and oxygen atoms in total. The lowest BCUT2D eigenvalue weighted by Crippen LogP contribution is -2.54. The van der Waals surface area contributed by atoms with Gasteiger partial charge in [-0.25, -0.2) is 0 Å². The Balaban J connectivity index is 1.42. The molecule has 0 aromatic carbocycles. The summed E-state index contributed by atoms with van der Waals surface area (Å²) < 4.78 is 0. The van der Waals surface area contributed by atoms with E-state index in [1.54, 1.807) is 0 Å². The smallest absolute Gasteiger partial charge is 0.210 e. The van der Waals surface area contributed by atoms with Crippen molar-refractivity contribution in [3.63, 3.8) is 0 Å². The topological polar surface area (TPSA) is 37.3 Å². The van der Waals surface area contributed by atoms with Crippen molar-refractivity contribution in [2.24, 2.45) is 46.3 Å². The van der Waals surface area contributed by atoms with Gasteiger partial charge in [-0.2, -0.15) is 0 Å². The third kappa shape index (κ3) is 4.43. The van der Waals surface area contributed by atoms with Crippen LogP contribution in [0, 0.1) is 46.3 Å². The van der Waals surface area contributed by atoms with Crippen LogP contribution in [-0.2, 0) is 4.79 Å². The maximum atomic E-state index is 12.5. The summed E-state index contributed by atoms with van der Waals surface area (Å²) in [7, 11) is 0.725. The van der Waals surface area contributed by atoms with Gasteiger partial charge in [0, 0.05) is 0 Å². The van der Waals surface area contributed by atoms with Crippen molar-refractivity contribution in [2.75, 3.05) is 0 Å². The van der Waals surface area contributed by atoms with Crippen LogP contribution in [0.5, 0.6) is 0 Å². The third-order valence-electron chi connectivity index (χ3n) is 11.0. The first-order valence-electron chi connectivity index (χ1n) is 13.6. The Bertz CT molecular complexity index is 668. The van der Waals surface area contributed by atoms with Gasteiger partial charge in [-0.1, -0.05) is 46.9 Å². The van der Waals surface area contributed by atoms with Crippen molar-refractivity contribution in [2.45, 2.75) is 124 Å². The quantitative estimate of drug-likeness (QED) is 0.501. The standard InChI is InChI=1S/C28H49BO2/c1-18(7-12-25(31)29-26(2,3)4)22-10-11-23-21-9-8-19-17-20(30)13-15-27(19,5)24(21)14-16-28(22,23)6/h18-24,29-30H,7-17H2,1-6H3/t18-,19-,20-,21+,22-,23+,24+,27+,28-/m1/s1. The molecule has 0 aromatic heterocycles. The number of aliphatic hydroxyl groups excluding tert-OH is 1. The molecular formula is C28H49BO2.